The number of hydrogen-bond donors (Lipinski definition) is 0. The van der Waals surface area contributed by atoms with Crippen molar-refractivity contribution in [2.24, 2.45) is 5.92 Å². The van der Waals surface area contributed by atoms with Gasteiger partial charge in [0.25, 0.3) is 5.91 Å². The van der Waals surface area contributed by atoms with Crippen LogP contribution in [0.2, 0.25) is 0 Å². The summed E-state index contributed by atoms with van der Waals surface area (Å²) in [7, 11) is 0. The lowest BCUT2D eigenvalue weighted by molar-refractivity contribution is 0.0541. The summed E-state index contributed by atoms with van der Waals surface area (Å²) in [5.41, 5.74) is 0.594. The van der Waals surface area contributed by atoms with Gasteiger partial charge in [-0.05, 0) is 38.1 Å². The zero-order chi connectivity index (χ0) is 18.6. The molecule has 1 unspecified atom stereocenters. The average molecular weight is 374 g/mol. The van der Waals surface area contributed by atoms with Gasteiger partial charge in [0.2, 0.25) is 5.95 Å². The first-order valence-corrected chi connectivity index (χ1v) is 10.4. The van der Waals surface area contributed by atoms with E-state index in [1.165, 1.54) is 25.9 Å². The van der Waals surface area contributed by atoms with Crippen molar-refractivity contribution in [1.29, 1.82) is 0 Å². The van der Waals surface area contributed by atoms with Crippen molar-refractivity contribution < 1.29 is 9.53 Å². The van der Waals surface area contributed by atoms with E-state index in [0.717, 1.165) is 44.9 Å². The summed E-state index contributed by atoms with van der Waals surface area (Å²) in [6.45, 7) is 9.47. The predicted octanol–water partition coefficient (Wildman–Crippen LogP) is 1.65. The molecular weight excluding hydrogens is 342 g/mol. The molecular formula is C20H31N5O2. The van der Waals surface area contributed by atoms with E-state index in [-0.39, 0.29) is 5.91 Å². The fourth-order valence-electron chi connectivity index (χ4n) is 4.53. The number of likely N-dealkylation sites (tertiary alicyclic amines) is 2. The third kappa shape index (κ3) is 4.41. The Morgan fingerprint density at radius 3 is 2.41 bits per heavy atom. The molecule has 0 aromatic carbocycles. The minimum absolute atomic E-state index is 0.0639. The summed E-state index contributed by atoms with van der Waals surface area (Å²) in [4.78, 5) is 28.4. The van der Waals surface area contributed by atoms with Gasteiger partial charge in [-0.1, -0.05) is 6.92 Å². The smallest absolute Gasteiger partial charge is 0.256 e. The second kappa shape index (κ2) is 8.52. The number of ether oxygens (including phenoxy) is 1. The van der Waals surface area contributed by atoms with Crippen LogP contribution in [-0.4, -0.2) is 84.2 Å². The molecule has 0 N–H and O–H groups in total. The van der Waals surface area contributed by atoms with E-state index in [1.54, 1.807) is 12.4 Å². The van der Waals surface area contributed by atoms with E-state index in [4.69, 9.17) is 4.74 Å². The van der Waals surface area contributed by atoms with Crippen LogP contribution >= 0.6 is 0 Å². The molecule has 7 heteroatoms. The second-order valence-electron chi connectivity index (χ2n) is 8.14. The summed E-state index contributed by atoms with van der Waals surface area (Å²) in [5, 5.41) is 0. The Balaban J connectivity index is 1.31. The molecule has 3 saturated heterocycles. The molecule has 1 aromatic heterocycles. The first-order chi connectivity index (χ1) is 13.2. The molecule has 0 saturated carbocycles. The minimum Gasteiger partial charge on any atom is -0.378 e. The monoisotopic (exact) mass is 373 g/mol. The van der Waals surface area contributed by atoms with Crippen LogP contribution in [0.1, 0.15) is 43.0 Å². The van der Waals surface area contributed by atoms with Crippen molar-refractivity contribution in [3.8, 4) is 0 Å². The Bertz CT molecular complexity index is 624. The van der Waals surface area contributed by atoms with Gasteiger partial charge in [-0.25, -0.2) is 9.97 Å². The number of aromatic nitrogens is 2. The molecule has 1 atom stereocenters. The van der Waals surface area contributed by atoms with E-state index in [0.29, 0.717) is 30.8 Å². The van der Waals surface area contributed by atoms with Crippen molar-refractivity contribution in [2.75, 3.05) is 57.4 Å². The maximum absolute atomic E-state index is 12.8. The first kappa shape index (κ1) is 18.6. The zero-order valence-electron chi connectivity index (χ0n) is 16.3. The fraction of sp³-hybridized carbons (Fsp3) is 0.750. The van der Waals surface area contributed by atoms with Gasteiger partial charge in [0, 0.05) is 51.2 Å². The third-order valence-electron chi connectivity index (χ3n) is 6.14. The van der Waals surface area contributed by atoms with Crippen LogP contribution in [0.25, 0.3) is 0 Å². The van der Waals surface area contributed by atoms with Gasteiger partial charge in [0.15, 0.2) is 0 Å². The van der Waals surface area contributed by atoms with Crippen LogP contribution in [0.4, 0.5) is 5.95 Å². The molecule has 0 spiro atoms. The molecule has 27 heavy (non-hydrogen) atoms. The Kier molecular flexibility index (Phi) is 5.88. The topological polar surface area (TPSA) is 61.8 Å². The highest BCUT2D eigenvalue weighted by Crippen LogP contribution is 2.24. The molecule has 3 aliphatic heterocycles. The van der Waals surface area contributed by atoms with Crippen molar-refractivity contribution in [2.45, 2.75) is 38.6 Å². The standard InChI is InChI=1S/C20H31N5O2/c1-16-3-2-6-25(15-16)18-4-7-23(8-5-18)19(26)17-13-21-20(22-14-17)24-9-11-27-12-10-24/h13-14,16,18H,2-12,15H2,1H3. The number of morpholine rings is 1. The highest BCUT2D eigenvalue weighted by atomic mass is 16.5. The number of carbonyl (C=O) groups excluding carboxylic acids is 1. The number of nitrogens with zero attached hydrogens (tertiary/aromatic N) is 5. The van der Waals surface area contributed by atoms with Gasteiger partial charge >= 0.3 is 0 Å². The molecule has 1 aromatic rings. The molecule has 3 fully saturated rings. The van der Waals surface area contributed by atoms with Crippen LogP contribution < -0.4 is 4.90 Å². The average Bonchev–Trinajstić information content (AvgIpc) is 2.74. The molecule has 148 valence electrons. The van der Waals surface area contributed by atoms with Crippen LogP contribution in [0.3, 0.4) is 0 Å². The molecule has 0 aliphatic carbocycles. The second-order valence-corrected chi connectivity index (χ2v) is 8.14. The Morgan fingerprint density at radius 2 is 1.74 bits per heavy atom. The SMILES string of the molecule is CC1CCCN(C2CCN(C(=O)c3cnc(N4CCOCC4)nc3)CC2)C1. The predicted molar refractivity (Wildman–Crippen MR) is 104 cm³/mol. The Hall–Kier alpha value is -1.73. The number of hydrogen-bond acceptors (Lipinski definition) is 6. The number of rotatable bonds is 3. The quantitative estimate of drug-likeness (QED) is 0.803. The molecule has 3 aliphatic rings. The summed E-state index contributed by atoms with van der Waals surface area (Å²) in [5.74, 6) is 1.56. The summed E-state index contributed by atoms with van der Waals surface area (Å²) in [6.07, 6.45) is 8.18. The number of anilines is 1. The van der Waals surface area contributed by atoms with E-state index in [2.05, 4.69) is 26.7 Å². The van der Waals surface area contributed by atoms with Gasteiger partial charge in [-0.15, -0.1) is 0 Å². The summed E-state index contributed by atoms with van der Waals surface area (Å²) >= 11 is 0. The lowest BCUT2D eigenvalue weighted by atomic mass is 9.95. The molecule has 4 heterocycles. The first-order valence-electron chi connectivity index (χ1n) is 10.4. The maximum atomic E-state index is 12.8. The van der Waals surface area contributed by atoms with E-state index in [9.17, 15) is 4.79 Å². The van der Waals surface area contributed by atoms with Crippen LogP contribution in [-0.2, 0) is 4.74 Å². The number of amides is 1. The fourth-order valence-corrected chi connectivity index (χ4v) is 4.53. The van der Waals surface area contributed by atoms with Crippen LogP contribution in [0, 0.1) is 5.92 Å². The van der Waals surface area contributed by atoms with Gasteiger partial charge in [-0.3, -0.25) is 9.69 Å². The third-order valence-corrected chi connectivity index (χ3v) is 6.14. The van der Waals surface area contributed by atoms with Gasteiger partial charge in [0.05, 0.1) is 18.8 Å². The zero-order valence-corrected chi connectivity index (χ0v) is 16.3. The van der Waals surface area contributed by atoms with Crippen molar-refractivity contribution in [3.05, 3.63) is 18.0 Å². The van der Waals surface area contributed by atoms with Crippen molar-refractivity contribution >= 4 is 11.9 Å². The highest BCUT2D eigenvalue weighted by molar-refractivity contribution is 5.93. The van der Waals surface area contributed by atoms with E-state index >= 15 is 0 Å². The summed E-state index contributed by atoms with van der Waals surface area (Å²) < 4.78 is 5.36. The van der Waals surface area contributed by atoms with Crippen LogP contribution in [0.5, 0.6) is 0 Å². The highest BCUT2D eigenvalue weighted by Gasteiger charge is 2.29. The van der Waals surface area contributed by atoms with Crippen molar-refractivity contribution in [3.63, 3.8) is 0 Å². The van der Waals surface area contributed by atoms with Crippen molar-refractivity contribution in [1.82, 2.24) is 19.8 Å². The molecule has 7 nitrogen and oxygen atoms in total. The molecule has 0 bridgehead atoms. The van der Waals surface area contributed by atoms with Gasteiger partial charge in [-0.2, -0.15) is 0 Å². The molecule has 4 rings (SSSR count). The number of carbonyl (C=O) groups is 1. The lowest BCUT2D eigenvalue weighted by Crippen LogP contribution is -2.49. The Morgan fingerprint density at radius 1 is 1.04 bits per heavy atom. The normalized spacial score (nSPS) is 25.6. The maximum Gasteiger partial charge on any atom is 0.256 e. The van der Waals surface area contributed by atoms with Crippen LogP contribution in [0.15, 0.2) is 12.4 Å². The van der Waals surface area contributed by atoms with E-state index in [1.807, 2.05) is 4.90 Å². The van der Waals surface area contributed by atoms with Gasteiger partial charge in [0.1, 0.15) is 0 Å². The molecule has 1 amide bonds. The largest absolute Gasteiger partial charge is 0.378 e. The lowest BCUT2D eigenvalue weighted by Gasteiger charge is -2.41. The van der Waals surface area contributed by atoms with E-state index < -0.39 is 0 Å². The molecule has 0 radical (unpaired) electrons. The Labute approximate surface area is 161 Å². The minimum atomic E-state index is 0.0639. The summed E-state index contributed by atoms with van der Waals surface area (Å²) in [6, 6.07) is 0.636. The van der Waals surface area contributed by atoms with Gasteiger partial charge < -0.3 is 14.5 Å². The number of piperidine rings is 2.